The number of aliphatic carboxylic acids is 1. The normalized spacial score (nSPS) is 15.4. The monoisotopic (exact) mass is 521 g/mol. The Morgan fingerprint density at radius 2 is 1.92 bits per heavy atom. The van der Waals surface area contributed by atoms with Crippen LogP contribution in [0.25, 0.3) is 0 Å². The minimum Gasteiger partial charge on any atom is -0.480 e. The Kier molecular flexibility index (Phi) is 14.9. The van der Waals surface area contributed by atoms with E-state index in [4.69, 9.17) is 9.72 Å². The molecule has 210 valence electrons. The van der Waals surface area contributed by atoms with Crippen molar-refractivity contribution in [3.63, 3.8) is 0 Å². The highest BCUT2D eigenvalue weighted by molar-refractivity contribution is 5.82. The van der Waals surface area contributed by atoms with Crippen LogP contribution in [-0.4, -0.2) is 105 Å². The summed E-state index contributed by atoms with van der Waals surface area (Å²) < 4.78 is 9.78. The highest BCUT2D eigenvalue weighted by atomic mass is 16.5. The molecule has 2 aliphatic rings. The maximum atomic E-state index is 12.4. The number of carbonyl (C=O) groups excluding carboxylic acids is 1. The molecule has 1 saturated heterocycles. The molecule has 10 nitrogen and oxygen atoms in total. The van der Waals surface area contributed by atoms with Crippen LogP contribution in [0.4, 0.5) is 10.6 Å². The summed E-state index contributed by atoms with van der Waals surface area (Å²) in [4.78, 5) is 32.8. The van der Waals surface area contributed by atoms with Crippen molar-refractivity contribution in [2.45, 2.75) is 64.3 Å². The lowest BCUT2D eigenvalue weighted by Gasteiger charge is -2.25. The molecule has 0 spiro atoms. The molecule has 1 fully saturated rings. The number of ether oxygens (including phenoxy) is 2. The molecule has 0 aromatic carbocycles. The van der Waals surface area contributed by atoms with Gasteiger partial charge in [-0.15, -0.1) is 0 Å². The fourth-order valence-corrected chi connectivity index (χ4v) is 4.55. The van der Waals surface area contributed by atoms with E-state index in [0.717, 1.165) is 76.1 Å². The van der Waals surface area contributed by atoms with Crippen molar-refractivity contribution >= 4 is 17.8 Å². The summed E-state index contributed by atoms with van der Waals surface area (Å²) in [5.74, 6) is 0.0576. The Labute approximate surface area is 222 Å². The predicted octanol–water partition coefficient (Wildman–Crippen LogP) is 3.01. The van der Waals surface area contributed by atoms with Gasteiger partial charge in [0.25, 0.3) is 0 Å². The van der Waals surface area contributed by atoms with Gasteiger partial charge < -0.3 is 35.0 Å². The molecule has 3 rings (SSSR count). The molecule has 3 heterocycles. The average molecular weight is 522 g/mol. The molecule has 0 bridgehead atoms. The number of hydrogen-bond donors (Lipinski definition) is 3. The summed E-state index contributed by atoms with van der Waals surface area (Å²) in [7, 11) is 3.25. The number of aryl methyl sites for hydroxylation is 2. The van der Waals surface area contributed by atoms with Crippen LogP contribution in [-0.2, 0) is 27.1 Å². The zero-order valence-electron chi connectivity index (χ0n) is 23.0. The molecule has 0 saturated carbocycles. The Morgan fingerprint density at radius 1 is 1.16 bits per heavy atom. The van der Waals surface area contributed by atoms with Crippen molar-refractivity contribution in [3.05, 3.63) is 23.4 Å². The number of unbranched alkanes of at least 4 members (excludes halogenated alkanes) is 1. The second-order valence-corrected chi connectivity index (χ2v) is 9.57. The van der Waals surface area contributed by atoms with Crippen LogP contribution in [0, 0.1) is 0 Å². The number of urea groups is 1. The smallest absolute Gasteiger partial charge is 0.326 e. The molecule has 3 N–H and O–H groups in total. The summed E-state index contributed by atoms with van der Waals surface area (Å²) in [5, 5.41) is 15.7. The van der Waals surface area contributed by atoms with Crippen molar-refractivity contribution in [2.75, 3.05) is 72.0 Å². The Morgan fingerprint density at radius 3 is 2.62 bits per heavy atom. The van der Waals surface area contributed by atoms with E-state index in [-0.39, 0.29) is 6.03 Å². The van der Waals surface area contributed by atoms with Gasteiger partial charge >= 0.3 is 12.0 Å². The van der Waals surface area contributed by atoms with Gasteiger partial charge in [-0.2, -0.15) is 0 Å². The number of methoxy groups -OCH3 is 1. The molecule has 2 amide bonds. The first kappa shape index (κ1) is 30.8. The molecule has 1 unspecified atom stereocenters. The number of carbonyl (C=O) groups is 2. The fraction of sp³-hybridized carbons (Fsp3) is 0.741. The number of carboxylic acid groups (broad SMARTS) is 1. The summed E-state index contributed by atoms with van der Waals surface area (Å²) in [6, 6.07) is 3.19. The van der Waals surface area contributed by atoms with Crippen LogP contribution in [0.2, 0.25) is 0 Å². The van der Waals surface area contributed by atoms with Crippen LogP contribution in [0.5, 0.6) is 0 Å². The highest BCUT2D eigenvalue weighted by Crippen LogP contribution is 2.20. The molecule has 2 aliphatic heterocycles. The lowest BCUT2D eigenvalue weighted by molar-refractivity contribution is -0.139. The number of hydrogen-bond acceptors (Lipinski definition) is 7. The van der Waals surface area contributed by atoms with E-state index >= 15 is 0 Å². The number of likely N-dealkylation sites (tertiary alicyclic amines) is 1. The summed E-state index contributed by atoms with van der Waals surface area (Å²) >= 11 is 0. The second-order valence-electron chi connectivity index (χ2n) is 9.57. The number of anilines is 1. The number of rotatable bonds is 14. The van der Waals surface area contributed by atoms with Crippen LogP contribution in [0.3, 0.4) is 0 Å². The number of aromatic nitrogens is 1. The molecular formula is C27H47N5O5. The lowest BCUT2D eigenvalue weighted by Crippen LogP contribution is -2.48. The Hall–Kier alpha value is -2.43. The molecule has 1 atom stereocenters. The standard InChI is InChI=1S/C25H41N5O4.C2H6O/c1-2-34-19-18-29(17-12-22(24(31)32)28-25(33)30-15-5-6-16-30)14-4-3-9-21-11-10-20-8-7-13-26-23(20)27-21;1-3-2/h10-11,22H,2-9,12-19H2,1H3,(H,26,27)(H,28,33)(H,31,32);1-2H3. The lowest BCUT2D eigenvalue weighted by atomic mass is 10.1. The summed E-state index contributed by atoms with van der Waals surface area (Å²) in [6.07, 6.45) is 7.54. The van der Waals surface area contributed by atoms with Crippen LogP contribution in [0.15, 0.2) is 12.1 Å². The number of carboxylic acids is 1. The van der Waals surface area contributed by atoms with E-state index in [0.29, 0.717) is 39.3 Å². The topological polar surface area (TPSA) is 116 Å². The zero-order valence-corrected chi connectivity index (χ0v) is 23.0. The van der Waals surface area contributed by atoms with Crippen molar-refractivity contribution in [3.8, 4) is 0 Å². The summed E-state index contributed by atoms with van der Waals surface area (Å²) in [6.45, 7) is 7.87. The van der Waals surface area contributed by atoms with Gasteiger partial charge in [0, 0.05) is 59.2 Å². The molecule has 10 heteroatoms. The van der Waals surface area contributed by atoms with E-state index in [1.807, 2.05) is 6.92 Å². The first-order chi connectivity index (χ1) is 18.0. The van der Waals surface area contributed by atoms with Gasteiger partial charge in [-0.25, -0.2) is 14.6 Å². The number of nitrogens with zero attached hydrogens (tertiary/aromatic N) is 3. The quantitative estimate of drug-likeness (QED) is 0.320. The van der Waals surface area contributed by atoms with Gasteiger partial charge in [-0.1, -0.05) is 6.07 Å². The largest absolute Gasteiger partial charge is 0.480 e. The van der Waals surface area contributed by atoms with Gasteiger partial charge in [0.1, 0.15) is 11.9 Å². The third kappa shape index (κ3) is 11.7. The third-order valence-corrected chi connectivity index (χ3v) is 6.59. The predicted molar refractivity (Wildman–Crippen MR) is 145 cm³/mol. The number of fused-ring (bicyclic) bond motifs is 1. The maximum Gasteiger partial charge on any atom is 0.326 e. The van der Waals surface area contributed by atoms with Crippen molar-refractivity contribution < 1.29 is 24.2 Å². The first-order valence-electron chi connectivity index (χ1n) is 13.7. The number of amides is 2. The van der Waals surface area contributed by atoms with Gasteiger partial charge in [0.05, 0.1) is 6.61 Å². The minimum absolute atomic E-state index is 0.266. The highest BCUT2D eigenvalue weighted by Gasteiger charge is 2.25. The molecule has 0 aliphatic carbocycles. The van der Waals surface area contributed by atoms with E-state index in [9.17, 15) is 14.7 Å². The fourth-order valence-electron chi connectivity index (χ4n) is 4.55. The molecule has 37 heavy (non-hydrogen) atoms. The van der Waals surface area contributed by atoms with E-state index in [2.05, 4.69) is 32.4 Å². The Bertz CT molecular complexity index is 803. The number of nitrogens with one attached hydrogen (secondary N) is 2. The van der Waals surface area contributed by atoms with E-state index < -0.39 is 12.0 Å². The van der Waals surface area contributed by atoms with Gasteiger partial charge in [0.15, 0.2) is 0 Å². The third-order valence-electron chi connectivity index (χ3n) is 6.59. The molecule has 0 radical (unpaired) electrons. The maximum absolute atomic E-state index is 12.4. The van der Waals surface area contributed by atoms with E-state index in [1.165, 1.54) is 5.56 Å². The first-order valence-corrected chi connectivity index (χ1v) is 13.7. The average Bonchev–Trinajstić information content (AvgIpc) is 3.44. The van der Waals surface area contributed by atoms with Gasteiger partial charge in [-0.05, 0) is 76.5 Å². The van der Waals surface area contributed by atoms with E-state index in [1.54, 1.807) is 19.1 Å². The minimum atomic E-state index is -0.982. The van der Waals surface area contributed by atoms with Crippen LogP contribution >= 0.6 is 0 Å². The van der Waals surface area contributed by atoms with Crippen molar-refractivity contribution in [1.82, 2.24) is 20.1 Å². The summed E-state index contributed by atoms with van der Waals surface area (Å²) in [5.41, 5.74) is 2.42. The van der Waals surface area contributed by atoms with Crippen LogP contribution < -0.4 is 10.6 Å². The Balaban J connectivity index is 0.00000153. The van der Waals surface area contributed by atoms with Crippen molar-refractivity contribution in [2.24, 2.45) is 0 Å². The van der Waals surface area contributed by atoms with Gasteiger partial charge in [-0.3, -0.25) is 0 Å². The zero-order chi connectivity index (χ0) is 26.9. The SMILES string of the molecule is CCOCCN(CCCCc1ccc2c(n1)NCCC2)CCC(NC(=O)N1CCCC1)C(=O)O.COC. The second kappa shape index (κ2) is 17.9. The number of pyridine rings is 1. The van der Waals surface area contributed by atoms with Gasteiger partial charge in [0.2, 0.25) is 0 Å². The molecule has 1 aromatic heterocycles. The molecule has 1 aromatic rings. The van der Waals surface area contributed by atoms with Crippen LogP contribution in [0.1, 0.15) is 56.7 Å². The van der Waals surface area contributed by atoms with Crippen molar-refractivity contribution in [1.29, 1.82) is 0 Å². The molecular weight excluding hydrogens is 474 g/mol.